The first-order valence-corrected chi connectivity index (χ1v) is 4.95. The van der Waals surface area contributed by atoms with Gasteiger partial charge in [0.1, 0.15) is 0 Å². The molecule has 0 saturated heterocycles. The van der Waals surface area contributed by atoms with Crippen molar-refractivity contribution >= 4 is 5.69 Å². The molecule has 0 aliphatic carbocycles. The molecule has 0 saturated carbocycles. The number of aliphatic hydroxyl groups excluding tert-OH is 1. The highest BCUT2D eigenvalue weighted by Gasteiger charge is 2.24. The molecule has 1 aliphatic rings. The van der Waals surface area contributed by atoms with Gasteiger partial charge in [0, 0.05) is 11.7 Å². The molecule has 1 N–H and O–H groups in total. The molecule has 1 atom stereocenters. The van der Waals surface area contributed by atoms with Gasteiger partial charge in [-0.1, -0.05) is 18.2 Å². The van der Waals surface area contributed by atoms with Gasteiger partial charge >= 0.3 is 0 Å². The summed E-state index contributed by atoms with van der Waals surface area (Å²) in [5, 5.41) is 9.53. The standard InChI is InChI=1S/C12H15NO/c1-9-7-8-11-5-3-4-6-12(11)13(9)10(2)14/h3-6,9,14H,2,7-8H2,1H3. The molecule has 1 unspecified atom stereocenters. The minimum Gasteiger partial charge on any atom is -0.495 e. The number of aliphatic hydroxyl groups is 1. The minimum absolute atomic E-state index is 0.143. The summed E-state index contributed by atoms with van der Waals surface area (Å²) in [5.41, 5.74) is 2.39. The Bertz CT molecular complexity index is 359. The van der Waals surface area contributed by atoms with Gasteiger partial charge in [-0.15, -0.1) is 0 Å². The summed E-state index contributed by atoms with van der Waals surface area (Å²) in [4.78, 5) is 1.90. The first kappa shape index (κ1) is 9.13. The van der Waals surface area contributed by atoms with Crippen molar-refractivity contribution in [3.05, 3.63) is 42.3 Å². The Balaban J connectivity index is 2.46. The van der Waals surface area contributed by atoms with Crippen LogP contribution in [0.3, 0.4) is 0 Å². The van der Waals surface area contributed by atoms with Gasteiger partial charge in [0.15, 0.2) is 5.88 Å². The molecule has 0 radical (unpaired) electrons. The summed E-state index contributed by atoms with van der Waals surface area (Å²) in [6.07, 6.45) is 2.15. The number of hydrogen-bond donors (Lipinski definition) is 1. The summed E-state index contributed by atoms with van der Waals surface area (Å²) in [7, 11) is 0. The lowest BCUT2D eigenvalue weighted by Crippen LogP contribution is -2.36. The molecular formula is C12H15NO. The van der Waals surface area contributed by atoms with Gasteiger partial charge in [0.2, 0.25) is 0 Å². The molecule has 0 fully saturated rings. The van der Waals surface area contributed by atoms with Crippen molar-refractivity contribution in [2.45, 2.75) is 25.8 Å². The van der Waals surface area contributed by atoms with Crippen LogP contribution in [0.15, 0.2) is 36.7 Å². The Morgan fingerprint density at radius 3 is 2.93 bits per heavy atom. The third-order valence-corrected chi connectivity index (χ3v) is 2.80. The van der Waals surface area contributed by atoms with E-state index >= 15 is 0 Å². The molecular weight excluding hydrogens is 174 g/mol. The topological polar surface area (TPSA) is 23.5 Å². The van der Waals surface area contributed by atoms with Gasteiger partial charge in [0.25, 0.3) is 0 Å². The molecule has 1 heterocycles. The highest BCUT2D eigenvalue weighted by molar-refractivity contribution is 5.59. The zero-order valence-corrected chi connectivity index (χ0v) is 8.40. The molecule has 2 nitrogen and oxygen atoms in total. The lowest BCUT2D eigenvalue weighted by atomic mass is 9.97. The molecule has 14 heavy (non-hydrogen) atoms. The number of rotatable bonds is 1. The number of benzene rings is 1. The summed E-state index contributed by atoms with van der Waals surface area (Å²) in [6, 6.07) is 8.51. The third kappa shape index (κ3) is 1.37. The van der Waals surface area contributed by atoms with Crippen LogP contribution in [0.25, 0.3) is 0 Å². The fourth-order valence-corrected chi connectivity index (χ4v) is 2.08. The van der Waals surface area contributed by atoms with Gasteiger partial charge in [-0.3, -0.25) is 0 Å². The highest BCUT2D eigenvalue weighted by Crippen LogP contribution is 2.31. The van der Waals surface area contributed by atoms with Gasteiger partial charge in [-0.05, 0) is 38.0 Å². The Morgan fingerprint density at radius 1 is 1.50 bits per heavy atom. The Kier molecular flexibility index (Phi) is 2.20. The predicted octanol–water partition coefficient (Wildman–Crippen LogP) is 2.86. The lowest BCUT2D eigenvalue weighted by molar-refractivity contribution is 0.371. The van der Waals surface area contributed by atoms with Crippen molar-refractivity contribution in [3.63, 3.8) is 0 Å². The fraction of sp³-hybridized carbons (Fsp3) is 0.333. The maximum absolute atomic E-state index is 9.53. The molecule has 2 heteroatoms. The van der Waals surface area contributed by atoms with Gasteiger partial charge < -0.3 is 10.0 Å². The van der Waals surface area contributed by atoms with Gasteiger partial charge in [-0.25, -0.2) is 0 Å². The number of fused-ring (bicyclic) bond motifs is 1. The van der Waals surface area contributed by atoms with Crippen LogP contribution in [-0.4, -0.2) is 11.1 Å². The summed E-state index contributed by atoms with van der Waals surface area (Å²) in [6.45, 7) is 5.72. The van der Waals surface area contributed by atoms with E-state index in [1.165, 1.54) is 5.56 Å². The fourth-order valence-electron chi connectivity index (χ4n) is 2.08. The van der Waals surface area contributed by atoms with Crippen LogP contribution in [0.1, 0.15) is 18.9 Å². The maximum atomic E-state index is 9.53. The van der Waals surface area contributed by atoms with Crippen molar-refractivity contribution in [1.82, 2.24) is 0 Å². The monoisotopic (exact) mass is 189 g/mol. The van der Waals surface area contributed by atoms with E-state index in [0.29, 0.717) is 6.04 Å². The first-order chi connectivity index (χ1) is 6.70. The van der Waals surface area contributed by atoms with Crippen molar-refractivity contribution < 1.29 is 5.11 Å². The zero-order valence-electron chi connectivity index (χ0n) is 8.40. The van der Waals surface area contributed by atoms with Crippen LogP contribution >= 0.6 is 0 Å². The van der Waals surface area contributed by atoms with Crippen molar-refractivity contribution in [3.8, 4) is 0 Å². The van der Waals surface area contributed by atoms with E-state index in [0.717, 1.165) is 18.5 Å². The maximum Gasteiger partial charge on any atom is 0.184 e. The summed E-state index contributed by atoms with van der Waals surface area (Å²) >= 11 is 0. The van der Waals surface area contributed by atoms with Crippen molar-refractivity contribution in [1.29, 1.82) is 0 Å². The quantitative estimate of drug-likeness (QED) is 0.687. The van der Waals surface area contributed by atoms with E-state index in [1.807, 2.05) is 23.1 Å². The van der Waals surface area contributed by atoms with Crippen LogP contribution in [0, 0.1) is 0 Å². The largest absolute Gasteiger partial charge is 0.495 e. The molecule has 0 amide bonds. The molecule has 0 bridgehead atoms. The first-order valence-electron chi connectivity index (χ1n) is 4.95. The number of anilines is 1. The summed E-state index contributed by atoms with van der Waals surface area (Å²) in [5.74, 6) is 0.143. The van der Waals surface area contributed by atoms with E-state index in [4.69, 9.17) is 0 Å². The molecule has 1 aromatic carbocycles. The summed E-state index contributed by atoms with van der Waals surface area (Å²) < 4.78 is 0. The molecule has 0 spiro atoms. The number of aryl methyl sites for hydroxylation is 1. The number of hydrogen-bond acceptors (Lipinski definition) is 2. The molecule has 1 aliphatic heterocycles. The molecule has 1 aromatic rings. The minimum atomic E-state index is 0.143. The van der Waals surface area contributed by atoms with Crippen LogP contribution < -0.4 is 4.90 Å². The highest BCUT2D eigenvalue weighted by atomic mass is 16.3. The van der Waals surface area contributed by atoms with Crippen molar-refractivity contribution in [2.75, 3.05) is 4.90 Å². The predicted molar refractivity (Wildman–Crippen MR) is 58.5 cm³/mol. The van der Waals surface area contributed by atoms with Crippen molar-refractivity contribution in [2.24, 2.45) is 0 Å². The number of nitrogens with zero attached hydrogens (tertiary/aromatic N) is 1. The van der Waals surface area contributed by atoms with E-state index in [-0.39, 0.29) is 5.88 Å². The molecule has 2 rings (SSSR count). The smallest absolute Gasteiger partial charge is 0.184 e. The Morgan fingerprint density at radius 2 is 2.21 bits per heavy atom. The Hall–Kier alpha value is -1.44. The lowest BCUT2D eigenvalue weighted by Gasteiger charge is -2.35. The molecule has 74 valence electrons. The van der Waals surface area contributed by atoms with E-state index in [9.17, 15) is 5.11 Å². The number of para-hydroxylation sites is 1. The zero-order chi connectivity index (χ0) is 10.1. The normalized spacial score (nSPS) is 20.4. The van der Waals surface area contributed by atoms with Crippen LogP contribution in [0.4, 0.5) is 5.69 Å². The second-order valence-electron chi connectivity index (χ2n) is 3.80. The SMILES string of the molecule is C=C(O)N1c2ccccc2CCC1C. The molecule has 0 aromatic heterocycles. The van der Waals surface area contributed by atoms with Gasteiger partial charge in [-0.2, -0.15) is 0 Å². The average molecular weight is 189 g/mol. The third-order valence-electron chi connectivity index (χ3n) is 2.80. The van der Waals surface area contributed by atoms with Crippen LogP contribution in [0.2, 0.25) is 0 Å². The van der Waals surface area contributed by atoms with E-state index < -0.39 is 0 Å². The second kappa shape index (κ2) is 3.37. The van der Waals surface area contributed by atoms with Crippen LogP contribution in [0.5, 0.6) is 0 Å². The second-order valence-corrected chi connectivity index (χ2v) is 3.80. The average Bonchev–Trinajstić information content (AvgIpc) is 2.17. The van der Waals surface area contributed by atoms with E-state index in [1.54, 1.807) is 0 Å². The van der Waals surface area contributed by atoms with Crippen LogP contribution in [-0.2, 0) is 6.42 Å². The Labute approximate surface area is 84.5 Å². The van der Waals surface area contributed by atoms with Gasteiger partial charge in [0.05, 0.1) is 0 Å². The van der Waals surface area contributed by atoms with E-state index in [2.05, 4.69) is 19.6 Å².